The van der Waals surface area contributed by atoms with E-state index in [1.54, 1.807) is 33.8 Å². The quantitative estimate of drug-likeness (QED) is 0.689. The summed E-state index contributed by atoms with van der Waals surface area (Å²) >= 11 is 3.45. The van der Waals surface area contributed by atoms with Crippen molar-refractivity contribution in [3.05, 3.63) is 57.6 Å². The summed E-state index contributed by atoms with van der Waals surface area (Å²) in [5, 5.41) is 3.03. The largest absolute Gasteiger partial charge is 0.493 e. The van der Waals surface area contributed by atoms with Crippen molar-refractivity contribution in [1.82, 2.24) is 10.0 Å². The smallest absolute Gasteiger partial charge is 0.252 e. The molecule has 1 unspecified atom stereocenters. The number of benzene rings is 2. The lowest BCUT2D eigenvalue weighted by Gasteiger charge is -2.27. The first-order valence-corrected chi connectivity index (χ1v) is 11.6. The van der Waals surface area contributed by atoms with Gasteiger partial charge in [-0.1, -0.05) is 22.0 Å². The molecule has 0 saturated heterocycles. The number of ether oxygens (including phenoxy) is 1. The van der Waals surface area contributed by atoms with E-state index in [4.69, 9.17) is 4.74 Å². The number of hydrogen-bond donors (Lipinski definition) is 2. The van der Waals surface area contributed by atoms with Gasteiger partial charge >= 0.3 is 0 Å². The highest BCUT2D eigenvalue weighted by atomic mass is 79.9. The lowest BCUT2D eigenvalue weighted by molar-refractivity contribution is 0.0924. The van der Waals surface area contributed by atoms with Crippen molar-refractivity contribution in [3.8, 4) is 5.75 Å². The van der Waals surface area contributed by atoms with Gasteiger partial charge in [0.15, 0.2) is 0 Å². The average molecular weight is 481 g/mol. The lowest BCUT2D eigenvalue weighted by Crippen LogP contribution is -2.40. The highest BCUT2D eigenvalue weighted by Gasteiger charge is 2.26. The van der Waals surface area contributed by atoms with Crippen molar-refractivity contribution in [2.24, 2.45) is 0 Å². The van der Waals surface area contributed by atoms with Crippen LogP contribution in [0.5, 0.6) is 5.75 Å². The molecule has 2 N–H and O–H groups in total. The fraction of sp³-hybridized carbons (Fsp3) is 0.381. The Bertz CT molecular complexity index is 1050. The number of fused-ring (bicyclic) bond motifs is 1. The highest BCUT2D eigenvalue weighted by molar-refractivity contribution is 9.10. The van der Waals surface area contributed by atoms with Gasteiger partial charge in [0.05, 0.1) is 17.5 Å². The second-order valence-electron chi connectivity index (χ2n) is 8.18. The first-order chi connectivity index (χ1) is 13.5. The van der Waals surface area contributed by atoms with Crippen LogP contribution in [0.4, 0.5) is 0 Å². The number of rotatable bonds is 4. The third-order valence-corrected chi connectivity index (χ3v) is 6.77. The van der Waals surface area contributed by atoms with Crippen LogP contribution in [0.2, 0.25) is 0 Å². The van der Waals surface area contributed by atoms with Gasteiger partial charge in [-0.05, 0) is 63.6 Å². The van der Waals surface area contributed by atoms with Crippen LogP contribution in [0, 0.1) is 6.92 Å². The molecule has 1 aliphatic heterocycles. The van der Waals surface area contributed by atoms with Gasteiger partial charge in [-0.15, -0.1) is 0 Å². The van der Waals surface area contributed by atoms with Gasteiger partial charge < -0.3 is 10.1 Å². The lowest BCUT2D eigenvalue weighted by atomic mass is 9.99. The molecule has 0 fully saturated rings. The highest BCUT2D eigenvalue weighted by Crippen LogP contribution is 2.34. The molecule has 6 nitrogen and oxygen atoms in total. The van der Waals surface area contributed by atoms with Gasteiger partial charge in [0.2, 0.25) is 10.0 Å². The zero-order chi connectivity index (χ0) is 21.4. The van der Waals surface area contributed by atoms with E-state index in [9.17, 15) is 13.2 Å². The van der Waals surface area contributed by atoms with Crippen molar-refractivity contribution in [2.75, 3.05) is 6.61 Å². The second-order valence-corrected chi connectivity index (χ2v) is 10.8. The van der Waals surface area contributed by atoms with Crippen LogP contribution in [0.15, 0.2) is 45.8 Å². The van der Waals surface area contributed by atoms with Crippen LogP contribution in [0.25, 0.3) is 0 Å². The topological polar surface area (TPSA) is 84.5 Å². The fourth-order valence-electron chi connectivity index (χ4n) is 3.23. The molecular weight excluding hydrogens is 456 g/mol. The van der Waals surface area contributed by atoms with Crippen LogP contribution in [0.3, 0.4) is 0 Å². The first-order valence-electron chi connectivity index (χ1n) is 9.34. The number of carbonyl (C=O) groups is 1. The molecule has 29 heavy (non-hydrogen) atoms. The predicted octanol–water partition coefficient (Wildman–Crippen LogP) is 4.09. The number of amides is 1. The molecule has 0 aliphatic carbocycles. The number of sulfonamides is 1. The van der Waals surface area contributed by atoms with Crippen LogP contribution >= 0.6 is 15.9 Å². The summed E-state index contributed by atoms with van der Waals surface area (Å²) in [5.41, 5.74) is 1.32. The summed E-state index contributed by atoms with van der Waals surface area (Å²) in [6.07, 6.45) is 0.637. The van der Waals surface area contributed by atoms with Crippen LogP contribution < -0.4 is 14.8 Å². The van der Waals surface area contributed by atoms with Gasteiger partial charge in [0, 0.05) is 27.6 Å². The number of aryl methyl sites for hydroxylation is 1. The third-order valence-electron chi connectivity index (χ3n) is 4.52. The molecule has 0 aromatic heterocycles. The maximum absolute atomic E-state index is 13.0. The molecule has 1 amide bonds. The fourth-order valence-corrected chi connectivity index (χ4v) is 5.05. The van der Waals surface area contributed by atoms with Crippen molar-refractivity contribution in [2.45, 2.75) is 50.6 Å². The predicted molar refractivity (Wildman–Crippen MR) is 116 cm³/mol. The summed E-state index contributed by atoms with van der Waals surface area (Å²) in [5.74, 6) is 0.431. The minimum atomic E-state index is -3.73. The summed E-state index contributed by atoms with van der Waals surface area (Å²) in [6, 6.07) is 10.1. The Labute approximate surface area is 180 Å². The zero-order valence-corrected chi connectivity index (χ0v) is 19.3. The molecule has 8 heteroatoms. The average Bonchev–Trinajstić information content (AvgIpc) is 2.60. The Balaban J connectivity index is 1.89. The normalized spacial score (nSPS) is 16.7. The molecule has 2 aromatic carbocycles. The van der Waals surface area contributed by atoms with Gasteiger partial charge in [-0.3, -0.25) is 4.79 Å². The van der Waals surface area contributed by atoms with Crippen LogP contribution in [0.1, 0.15) is 54.7 Å². The molecule has 3 rings (SSSR count). The Morgan fingerprint density at radius 3 is 2.59 bits per heavy atom. The Hall–Kier alpha value is -1.90. The monoisotopic (exact) mass is 480 g/mol. The van der Waals surface area contributed by atoms with E-state index in [2.05, 4.69) is 26.0 Å². The van der Waals surface area contributed by atoms with E-state index < -0.39 is 15.6 Å². The Morgan fingerprint density at radius 2 is 1.90 bits per heavy atom. The van der Waals surface area contributed by atoms with Crippen LogP contribution in [-0.4, -0.2) is 26.5 Å². The molecule has 0 spiro atoms. The first kappa shape index (κ1) is 21.8. The second kappa shape index (κ2) is 8.08. The standard InChI is InChI=1S/C21H25BrN2O4S/c1-13-5-7-15(29(26,27)24-21(2,3)4)12-16(13)20(25)23-18-9-10-28-19-8-6-14(22)11-17(18)19/h5-8,11-12,18,24H,9-10H2,1-4H3,(H,23,25). The van der Waals surface area contributed by atoms with Crippen molar-refractivity contribution >= 4 is 31.9 Å². The summed E-state index contributed by atoms with van der Waals surface area (Å²) < 4.78 is 34.5. The molecular formula is C21H25BrN2O4S. The molecule has 0 radical (unpaired) electrons. The third kappa shape index (κ3) is 5.18. The van der Waals surface area contributed by atoms with E-state index in [1.807, 2.05) is 18.2 Å². The molecule has 1 atom stereocenters. The number of carbonyl (C=O) groups excluding carboxylic acids is 1. The molecule has 1 heterocycles. The van der Waals surface area contributed by atoms with Gasteiger partial charge in [0.1, 0.15) is 5.75 Å². The van der Waals surface area contributed by atoms with Crippen molar-refractivity contribution in [1.29, 1.82) is 0 Å². The zero-order valence-electron chi connectivity index (χ0n) is 16.9. The SMILES string of the molecule is Cc1ccc(S(=O)(=O)NC(C)(C)C)cc1C(=O)NC1CCOc2ccc(Br)cc21. The van der Waals surface area contributed by atoms with Crippen LogP contribution in [-0.2, 0) is 10.0 Å². The van der Waals surface area contributed by atoms with E-state index in [0.717, 1.165) is 15.8 Å². The van der Waals surface area contributed by atoms with Crippen molar-refractivity contribution in [3.63, 3.8) is 0 Å². The maximum Gasteiger partial charge on any atom is 0.252 e. The number of halogens is 1. The van der Waals surface area contributed by atoms with Gasteiger partial charge in [0.25, 0.3) is 5.91 Å². The summed E-state index contributed by atoms with van der Waals surface area (Å²) in [6.45, 7) is 7.60. The van der Waals surface area contributed by atoms with Gasteiger partial charge in [-0.25, -0.2) is 13.1 Å². The Morgan fingerprint density at radius 1 is 1.17 bits per heavy atom. The molecule has 2 aromatic rings. The number of hydrogen-bond acceptors (Lipinski definition) is 4. The summed E-state index contributed by atoms with van der Waals surface area (Å²) in [4.78, 5) is 13.1. The molecule has 156 valence electrons. The minimum Gasteiger partial charge on any atom is -0.493 e. The van der Waals surface area contributed by atoms with Gasteiger partial charge in [-0.2, -0.15) is 0 Å². The summed E-state index contributed by atoms with van der Waals surface area (Å²) in [7, 11) is -3.73. The van der Waals surface area contributed by atoms with Crippen molar-refractivity contribution < 1.29 is 17.9 Å². The van der Waals surface area contributed by atoms with E-state index in [0.29, 0.717) is 24.2 Å². The maximum atomic E-state index is 13.0. The minimum absolute atomic E-state index is 0.0679. The van der Waals surface area contributed by atoms with E-state index in [-0.39, 0.29) is 16.8 Å². The number of nitrogens with one attached hydrogen (secondary N) is 2. The molecule has 0 bridgehead atoms. The molecule has 0 saturated carbocycles. The van der Waals surface area contributed by atoms with E-state index in [1.165, 1.54) is 12.1 Å². The Kier molecular flexibility index (Phi) is 6.08. The molecule has 1 aliphatic rings. The van der Waals surface area contributed by atoms with E-state index >= 15 is 0 Å².